The van der Waals surface area contributed by atoms with Gasteiger partial charge in [0.1, 0.15) is 11.5 Å². The van der Waals surface area contributed by atoms with Crippen LogP contribution in [0.1, 0.15) is 43.7 Å². The SMILES string of the molecule is Cc1ccc(C(C(C)N)N(CCO)C2CCC2)o1. The Kier molecular flexibility index (Phi) is 4.43. The van der Waals surface area contributed by atoms with Gasteiger partial charge in [-0.25, -0.2) is 0 Å². The van der Waals surface area contributed by atoms with Gasteiger partial charge in [0.05, 0.1) is 12.6 Å². The van der Waals surface area contributed by atoms with E-state index in [1.165, 1.54) is 19.3 Å². The van der Waals surface area contributed by atoms with Gasteiger partial charge in [0.15, 0.2) is 0 Å². The number of nitrogens with two attached hydrogens (primary N) is 1. The van der Waals surface area contributed by atoms with Crippen LogP contribution in [-0.4, -0.2) is 35.2 Å². The summed E-state index contributed by atoms with van der Waals surface area (Å²) >= 11 is 0. The summed E-state index contributed by atoms with van der Waals surface area (Å²) in [5.41, 5.74) is 6.14. The Labute approximate surface area is 109 Å². The van der Waals surface area contributed by atoms with Crippen LogP contribution in [0.4, 0.5) is 0 Å². The smallest absolute Gasteiger partial charge is 0.122 e. The maximum Gasteiger partial charge on any atom is 0.122 e. The molecule has 2 rings (SSSR count). The lowest BCUT2D eigenvalue weighted by Crippen LogP contribution is -2.49. The van der Waals surface area contributed by atoms with Gasteiger partial charge in [-0.3, -0.25) is 4.90 Å². The molecule has 102 valence electrons. The Morgan fingerprint density at radius 3 is 2.61 bits per heavy atom. The van der Waals surface area contributed by atoms with E-state index in [1.54, 1.807) is 0 Å². The number of hydrogen-bond donors (Lipinski definition) is 2. The van der Waals surface area contributed by atoms with Crippen molar-refractivity contribution >= 4 is 0 Å². The monoisotopic (exact) mass is 252 g/mol. The molecule has 0 aliphatic heterocycles. The van der Waals surface area contributed by atoms with Gasteiger partial charge in [-0.2, -0.15) is 0 Å². The van der Waals surface area contributed by atoms with Gasteiger partial charge in [0.2, 0.25) is 0 Å². The predicted molar refractivity (Wildman–Crippen MR) is 71.3 cm³/mol. The molecular formula is C14H24N2O2. The van der Waals surface area contributed by atoms with Crippen LogP contribution in [0, 0.1) is 6.92 Å². The molecule has 3 N–H and O–H groups in total. The number of rotatable bonds is 6. The van der Waals surface area contributed by atoms with Crippen molar-refractivity contribution < 1.29 is 9.52 Å². The molecular weight excluding hydrogens is 228 g/mol. The molecule has 1 aromatic rings. The molecule has 1 aliphatic rings. The molecule has 1 fully saturated rings. The van der Waals surface area contributed by atoms with Gasteiger partial charge in [0, 0.05) is 18.6 Å². The van der Waals surface area contributed by atoms with Crippen LogP contribution in [0.2, 0.25) is 0 Å². The van der Waals surface area contributed by atoms with Gasteiger partial charge in [0.25, 0.3) is 0 Å². The Hall–Kier alpha value is -0.840. The second-order valence-electron chi connectivity index (χ2n) is 5.30. The van der Waals surface area contributed by atoms with E-state index in [0.29, 0.717) is 12.6 Å². The van der Waals surface area contributed by atoms with Crippen LogP contribution in [0.5, 0.6) is 0 Å². The first kappa shape index (κ1) is 13.6. The molecule has 2 atom stereocenters. The van der Waals surface area contributed by atoms with E-state index in [4.69, 9.17) is 10.2 Å². The van der Waals surface area contributed by atoms with Crippen molar-refractivity contribution in [2.45, 2.75) is 51.2 Å². The number of aliphatic hydroxyl groups excluding tert-OH is 1. The van der Waals surface area contributed by atoms with Gasteiger partial charge < -0.3 is 15.3 Å². The number of nitrogens with zero attached hydrogens (tertiary/aromatic N) is 1. The third kappa shape index (κ3) is 2.76. The van der Waals surface area contributed by atoms with Crippen molar-refractivity contribution in [2.75, 3.05) is 13.2 Å². The summed E-state index contributed by atoms with van der Waals surface area (Å²) in [6, 6.07) is 4.58. The van der Waals surface area contributed by atoms with E-state index >= 15 is 0 Å². The van der Waals surface area contributed by atoms with Crippen LogP contribution < -0.4 is 5.73 Å². The van der Waals surface area contributed by atoms with Gasteiger partial charge in [-0.1, -0.05) is 6.42 Å². The van der Waals surface area contributed by atoms with Gasteiger partial charge >= 0.3 is 0 Å². The van der Waals surface area contributed by atoms with Crippen molar-refractivity contribution in [1.82, 2.24) is 4.90 Å². The maximum absolute atomic E-state index is 9.27. The van der Waals surface area contributed by atoms with Crippen molar-refractivity contribution in [3.05, 3.63) is 23.7 Å². The van der Waals surface area contributed by atoms with Crippen molar-refractivity contribution in [3.8, 4) is 0 Å². The summed E-state index contributed by atoms with van der Waals surface area (Å²) in [5, 5.41) is 9.27. The van der Waals surface area contributed by atoms with Crippen LogP contribution in [0.25, 0.3) is 0 Å². The fraction of sp³-hybridized carbons (Fsp3) is 0.714. The van der Waals surface area contributed by atoms with E-state index in [1.807, 2.05) is 26.0 Å². The fourth-order valence-electron chi connectivity index (χ4n) is 2.72. The summed E-state index contributed by atoms with van der Waals surface area (Å²) in [4.78, 5) is 2.31. The molecule has 0 spiro atoms. The molecule has 0 amide bonds. The maximum atomic E-state index is 9.27. The number of aliphatic hydroxyl groups is 1. The van der Waals surface area contributed by atoms with Crippen LogP contribution in [0.3, 0.4) is 0 Å². The zero-order valence-electron chi connectivity index (χ0n) is 11.3. The second-order valence-corrected chi connectivity index (χ2v) is 5.30. The highest BCUT2D eigenvalue weighted by molar-refractivity contribution is 5.12. The number of furan rings is 1. The van der Waals surface area contributed by atoms with E-state index in [9.17, 15) is 5.11 Å². The van der Waals surface area contributed by atoms with Crippen LogP contribution >= 0.6 is 0 Å². The molecule has 1 heterocycles. The number of hydrogen-bond acceptors (Lipinski definition) is 4. The Morgan fingerprint density at radius 1 is 1.50 bits per heavy atom. The minimum Gasteiger partial charge on any atom is -0.465 e. The normalized spacial score (nSPS) is 19.8. The lowest BCUT2D eigenvalue weighted by Gasteiger charge is -2.43. The highest BCUT2D eigenvalue weighted by Gasteiger charge is 2.34. The molecule has 18 heavy (non-hydrogen) atoms. The quantitative estimate of drug-likeness (QED) is 0.810. The first-order valence-electron chi connectivity index (χ1n) is 6.82. The van der Waals surface area contributed by atoms with E-state index < -0.39 is 0 Å². The van der Waals surface area contributed by atoms with Crippen LogP contribution in [0.15, 0.2) is 16.5 Å². The molecule has 4 heteroatoms. The minimum atomic E-state index is -0.0114. The lowest BCUT2D eigenvalue weighted by atomic mass is 9.89. The molecule has 1 aliphatic carbocycles. The first-order valence-corrected chi connectivity index (χ1v) is 6.82. The third-order valence-corrected chi connectivity index (χ3v) is 3.81. The Balaban J connectivity index is 2.20. The topological polar surface area (TPSA) is 62.6 Å². The zero-order chi connectivity index (χ0) is 13.1. The Morgan fingerprint density at radius 2 is 2.22 bits per heavy atom. The van der Waals surface area contributed by atoms with Gasteiger partial charge in [-0.05, 0) is 38.8 Å². The third-order valence-electron chi connectivity index (χ3n) is 3.81. The zero-order valence-corrected chi connectivity index (χ0v) is 11.3. The first-order chi connectivity index (χ1) is 8.63. The fourth-order valence-corrected chi connectivity index (χ4v) is 2.72. The van der Waals surface area contributed by atoms with Gasteiger partial charge in [-0.15, -0.1) is 0 Å². The molecule has 2 unspecified atom stereocenters. The van der Waals surface area contributed by atoms with Crippen molar-refractivity contribution in [1.29, 1.82) is 0 Å². The summed E-state index contributed by atoms with van der Waals surface area (Å²) in [7, 11) is 0. The summed E-state index contributed by atoms with van der Waals surface area (Å²) in [6.45, 7) is 4.78. The standard InChI is InChI=1S/C14H24N2O2/c1-10-6-7-13(18-10)14(11(2)15)16(8-9-17)12-4-3-5-12/h6-7,11-12,14,17H,3-5,8-9,15H2,1-2H3. The highest BCUT2D eigenvalue weighted by Crippen LogP contribution is 2.34. The summed E-state index contributed by atoms with van der Waals surface area (Å²) in [6.07, 6.45) is 3.67. The largest absolute Gasteiger partial charge is 0.465 e. The molecule has 0 saturated heterocycles. The minimum absolute atomic E-state index is 0.0114. The van der Waals surface area contributed by atoms with Crippen LogP contribution in [-0.2, 0) is 0 Å². The average Bonchev–Trinajstić information content (AvgIpc) is 2.62. The molecule has 0 aromatic carbocycles. The number of aryl methyl sites for hydroxylation is 1. The Bertz CT molecular complexity index is 372. The van der Waals surface area contributed by atoms with E-state index in [0.717, 1.165) is 11.5 Å². The lowest BCUT2D eigenvalue weighted by molar-refractivity contribution is 0.0408. The van der Waals surface area contributed by atoms with Crippen molar-refractivity contribution in [2.24, 2.45) is 5.73 Å². The van der Waals surface area contributed by atoms with E-state index in [-0.39, 0.29) is 18.7 Å². The molecule has 1 saturated carbocycles. The van der Waals surface area contributed by atoms with Crippen molar-refractivity contribution in [3.63, 3.8) is 0 Å². The average molecular weight is 252 g/mol. The highest BCUT2D eigenvalue weighted by atomic mass is 16.3. The molecule has 0 bridgehead atoms. The summed E-state index contributed by atoms with van der Waals surface area (Å²) < 4.78 is 5.75. The summed E-state index contributed by atoms with van der Waals surface area (Å²) in [5.74, 6) is 1.83. The van der Waals surface area contributed by atoms with E-state index in [2.05, 4.69) is 4.90 Å². The molecule has 0 radical (unpaired) electrons. The molecule has 4 nitrogen and oxygen atoms in total. The molecule has 1 aromatic heterocycles. The second kappa shape index (κ2) is 5.87. The predicted octanol–water partition coefficient (Wildman–Crippen LogP) is 1.82.